The van der Waals surface area contributed by atoms with Crippen LogP contribution in [0.5, 0.6) is 0 Å². The number of nitrogens with zero attached hydrogens (tertiary/aromatic N) is 3. The van der Waals surface area contributed by atoms with Crippen molar-refractivity contribution in [1.29, 1.82) is 0 Å². The van der Waals surface area contributed by atoms with E-state index in [-0.39, 0.29) is 6.54 Å². The average molecular weight is 381 g/mol. The van der Waals surface area contributed by atoms with Crippen LogP contribution >= 0.6 is 0 Å². The standard InChI is InChI=1S/C18H22F3N5O/c1-13-4-2-3-5-15(13)26-16(18(19,20)21)14(12-24-26)17(27)23-8-11-25-9-6-22-7-10-25/h2-5,12,22H,6-11H2,1H3,(H,23,27). The molecule has 0 bridgehead atoms. The molecule has 1 aliphatic heterocycles. The maximum atomic E-state index is 13.7. The SMILES string of the molecule is Cc1ccccc1-n1ncc(C(=O)NCCN2CCNCC2)c1C(F)(F)F. The molecule has 1 saturated heterocycles. The summed E-state index contributed by atoms with van der Waals surface area (Å²) in [7, 11) is 0. The number of para-hydroxylation sites is 1. The molecular formula is C18H22F3N5O. The molecule has 146 valence electrons. The molecule has 0 saturated carbocycles. The quantitative estimate of drug-likeness (QED) is 0.830. The lowest BCUT2D eigenvalue weighted by Crippen LogP contribution is -2.46. The van der Waals surface area contributed by atoms with E-state index in [1.54, 1.807) is 31.2 Å². The Bertz CT molecular complexity index is 797. The van der Waals surface area contributed by atoms with Gasteiger partial charge in [0, 0.05) is 39.3 Å². The summed E-state index contributed by atoms with van der Waals surface area (Å²) in [4.78, 5) is 14.5. The van der Waals surface area contributed by atoms with Crippen molar-refractivity contribution in [2.24, 2.45) is 0 Å². The van der Waals surface area contributed by atoms with Gasteiger partial charge >= 0.3 is 6.18 Å². The van der Waals surface area contributed by atoms with E-state index < -0.39 is 23.3 Å². The number of nitrogens with one attached hydrogen (secondary N) is 2. The van der Waals surface area contributed by atoms with Crippen LogP contribution in [0.3, 0.4) is 0 Å². The molecule has 2 heterocycles. The number of amides is 1. The Labute approximate surface area is 155 Å². The first-order valence-electron chi connectivity index (χ1n) is 8.80. The molecule has 1 aromatic heterocycles. The number of rotatable bonds is 5. The van der Waals surface area contributed by atoms with E-state index in [4.69, 9.17) is 0 Å². The fourth-order valence-corrected chi connectivity index (χ4v) is 3.13. The molecular weight excluding hydrogens is 359 g/mol. The van der Waals surface area contributed by atoms with E-state index >= 15 is 0 Å². The topological polar surface area (TPSA) is 62.2 Å². The molecule has 0 radical (unpaired) electrons. The number of carbonyl (C=O) groups excluding carboxylic acids is 1. The summed E-state index contributed by atoms with van der Waals surface area (Å²) < 4.78 is 41.8. The number of hydrogen-bond acceptors (Lipinski definition) is 4. The molecule has 1 aliphatic rings. The predicted molar refractivity (Wildman–Crippen MR) is 94.9 cm³/mol. The summed E-state index contributed by atoms with van der Waals surface area (Å²) in [5.41, 5.74) is -0.594. The molecule has 1 aromatic carbocycles. The Morgan fingerprint density at radius 3 is 2.63 bits per heavy atom. The van der Waals surface area contributed by atoms with E-state index in [1.807, 2.05) is 0 Å². The van der Waals surface area contributed by atoms with Gasteiger partial charge in [-0.2, -0.15) is 18.3 Å². The Hall–Kier alpha value is -2.39. The van der Waals surface area contributed by atoms with Crippen LogP contribution in [-0.2, 0) is 6.18 Å². The molecule has 6 nitrogen and oxygen atoms in total. The van der Waals surface area contributed by atoms with Crippen molar-refractivity contribution in [1.82, 2.24) is 25.3 Å². The van der Waals surface area contributed by atoms with E-state index in [0.717, 1.165) is 37.1 Å². The van der Waals surface area contributed by atoms with Crippen molar-refractivity contribution < 1.29 is 18.0 Å². The number of aromatic nitrogens is 2. The second-order valence-electron chi connectivity index (χ2n) is 6.45. The molecule has 2 aromatic rings. The summed E-state index contributed by atoms with van der Waals surface area (Å²) in [6.07, 6.45) is -3.72. The summed E-state index contributed by atoms with van der Waals surface area (Å²) in [6.45, 7) is 6.03. The van der Waals surface area contributed by atoms with Gasteiger partial charge in [0.25, 0.3) is 5.91 Å². The van der Waals surface area contributed by atoms with E-state index in [9.17, 15) is 18.0 Å². The number of carbonyl (C=O) groups is 1. The number of halogens is 3. The fourth-order valence-electron chi connectivity index (χ4n) is 3.13. The van der Waals surface area contributed by atoms with Gasteiger partial charge < -0.3 is 10.6 Å². The molecule has 1 fully saturated rings. The smallest absolute Gasteiger partial charge is 0.351 e. The number of alkyl halides is 3. The molecule has 0 spiro atoms. The van der Waals surface area contributed by atoms with Gasteiger partial charge in [-0.15, -0.1) is 0 Å². The first-order chi connectivity index (χ1) is 12.9. The summed E-state index contributed by atoms with van der Waals surface area (Å²) in [5.74, 6) is -0.766. The van der Waals surface area contributed by atoms with Crippen LogP contribution < -0.4 is 10.6 Å². The fraction of sp³-hybridized carbons (Fsp3) is 0.444. The van der Waals surface area contributed by atoms with Crippen LogP contribution in [0.25, 0.3) is 5.69 Å². The highest BCUT2D eigenvalue weighted by atomic mass is 19.4. The third-order valence-electron chi connectivity index (χ3n) is 4.55. The number of benzene rings is 1. The van der Waals surface area contributed by atoms with Crippen molar-refractivity contribution in [2.75, 3.05) is 39.3 Å². The van der Waals surface area contributed by atoms with Crippen molar-refractivity contribution in [2.45, 2.75) is 13.1 Å². The van der Waals surface area contributed by atoms with Crippen molar-refractivity contribution in [3.05, 3.63) is 47.3 Å². The van der Waals surface area contributed by atoms with Crippen molar-refractivity contribution >= 4 is 5.91 Å². The molecule has 1 amide bonds. The molecule has 3 rings (SSSR count). The van der Waals surface area contributed by atoms with Gasteiger partial charge in [-0.1, -0.05) is 18.2 Å². The number of aryl methyl sites for hydroxylation is 1. The van der Waals surface area contributed by atoms with Crippen molar-refractivity contribution in [3.63, 3.8) is 0 Å². The van der Waals surface area contributed by atoms with Gasteiger partial charge in [-0.3, -0.25) is 9.69 Å². The molecule has 9 heteroatoms. The lowest BCUT2D eigenvalue weighted by Gasteiger charge is -2.27. The van der Waals surface area contributed by atoms with Gasteiger partial charge in [0.1, 0.15) is 0 Å². The van der Waals surface area contributed by atoms with Gasteiger partial charge in [-0.05, 0) is 18.6 Å². The Kier molecular flexibility index (Phi) is 5.81. The van der Waals surface area contributed by atoms with Crippen LogP contribution in [0, 0.1) is 6.92 Å². The minimum atomic E-state index is -4.70. The van der Waals surface area contributed by atoms with Crippen LogP contribution in [0.1, 0.15) is 21.6 Å². The first-order valence-corrected chi connectivity index (χ1v) is 8.80. The summed E-state index contributed by atoms with van der Waals surface area (Å²) >= 11 is 0. The second-order valence-corrected chi connectivity index (χ2v) is 6.45. The van der Waals surface area contributed by atoms with E-state index in [0.29, 0.717) is 17.8 Å². The van der Waals surface area contributed by atoms with Crippen LogP contribution in [-0.4, -0.2) is 59.9 Å². The summed E-state index contributed by atoms with van der Waals surface area (Å²) in [5, 5.41) is 9.66. The van der Waals surface area contributed by atoms with E-state index in [1.165, 1.54) is 0 Å². The largest absolute Gasteiger partial charge is 0.434 e. The van der Waals surface area contributed by atoms with Gasteiger partial charge in [-0.25, -0.2) is 4.68 Å². The van der Waals surface area contributed by atoms with E-state index in [2.05, 4.69) is 20.6 Å². The zero-order valence-electron chi connectivity index (χ0n) is 15.0. The molecule has 0 aliphatic carbocycles. The third kappa shape index (κ3) is 4.48. The average Bonchev–Trinajstić information content (AvgIpc) is 3.08. The van der Waals surface area contributed by atoms with Crippen LogP contribution in [0.15, 0.2) is 30.5 Å². The lowest BCUT2D eigenvalue weighted by atomic mass is 10.1. The molecule has 27 heavy (non-hydrogen) atoms. The predicted octanol–water partition coefficient (Wildman–Crippen LogP) is 1.83. The monoisotopic (exact) mass is 381 g/mol. The normalized spacial score (nSPS) is 15.7. The Morgan fingerprint density at radius 1 is 1.26 bits per heavy atom. The highest BCUT2D eigenvalue weighted by Gasteiger charge is 2.40. The third-order valence-corrected chi connectivity index (χ3v) is 4.55. The number of piperazine rings is 1. The molecule has 0 atom stereocenters. The molecule has 2 N–H and O–H groups in total. The highest BCUT2D eigenvalue weighted by molar-refractivity contribution is 5.95. The number of hydrogen-bond donors (Lipinski definition) is 2. The zero-order chi connectivity index (χ0) is 19.4. The van der Waals surface area contributed by atoms with Crippen LogP contribution in [0.2, 0.25) is 0 Å². The van der Waals surface area contributed by atoms with Crippen molar-refractivity contribution in [3.8, 4) is 5.69 Å². The Balaban J connectivity index is 1.78. The van der Waals surface area contributed by atoms with Crippen LogP contribution in [0.4, 0.5) is 13.2 Å². The van der Waals surface area contributed by atoms with Gasteiger partial charge in [0.15, 0.2) is 5.69 Å². The zero-order valence-corrected chi connectivity index (χ0v) is 15.0. The maximum Gasteiger partial charge on any atom is 0.434 e. The molecule has 0 unspecified atom stereocenters. The minimum Gasteiger partial charge on any atom is -0.351 e. The van der Waals surface area contributed by atoms with Gasteiger partial charge in [0.05, 0.1) is 17.4 Å². The summed E-state index contributed by atoms with van der Waals surface area (Å²) in [6, 6.07) is 6.62. The lowest BCUT2D eigenvalue weighted by molar-refractivity contribution is -0.143. The second kappa shape index (κ2) is 8.10. The first kappa shape index (κ1) is 19.4. The maximum absolute atomic E-state index is 13.7. The Morgan fingerprint density at radius 2 is 1.96 bits per heavy atom. The van der Waals surface area contributed by atoms with Gasteiger partial charge in [0.2, 0.25) is 0 Å². The highest BCUT2D eigenvalue weighted by Crippen LogP contribution is 2.34. The minimum absolute atomic E-state index is 0.283.